The zero-order valence-corrected chi connectivity index (χ0v) is 15.9. The van der Waals surface area contributed by atoms with Gasteiger partial charge in [-0.1, -0.05) is 80.4 Å². The van der Waals surface area contributed by atoms with Crippen LogP contribution in [0.2, 0.25) is 0 Å². The van der Waals surface area contributed by atoms with Crippen molar-refractivity contribution in [3.05, 3.63) is 101 Å². The number of carbonyl (C=O) groups is 1. The zero-order chi connectivity index (χ0) is 18.9. The number of allylic oxidation sites excluding steroid dienone is 5. The Kier molecular flexibility index (Phi) is 6.81. The normalized spacial score (nSPS) is 14.3. The number of carbonyl (C=O) groups excluding carboxylic acids is 1. The first kappa shape index (κ1) is 18.9. The van der Waals surface area contributed by atoms with Gasteiger partial charge in [-0.25, -0.2) is 4.79 Å². The Bertz CT molecular complexity index is 842. The third-order valence-corrected chi connectivity index (χ3v) is 4.67. The van der Waals surface area contributed by atoms with E-state index >= 15 is 0 Å². The van der Waals surface area contributed by atoms with Crippen molar-refractivity contribution >= 4 is 11.5 Å². The van der Waals surface area contributed by atoms with E-state index in [9.17, 15) is 4.79 Å². The van der Waals surface area contributed by atoms with Crippen LogP contribution in [0.15, 0.2) is 90.2 Å². The Hall–Kier alpha value is -2.87. The van der Waals surface area contributed by atoms with Crippen molar-refractivity contribution in [1.82, 2.24) is 0 Å². The minimum Gasteiger partial charge on any atom is -0.423 e. The molecule has 27 heavy (non-hydrogen) atoms. The summed E-state index contributed by atoms with van der Waals surface area (Å²) in [7, 11) is 0. The fraction of sp³-hybridized carbons (Fsp3) is 0.240. The van der Waals surface area contributed by atoms with E-state index in [0.29, 0.717) is 11.3 Å². The van der Waals surface area contributed by atoms with Crippen LogP contribution >= 0.6 is 0 Å². The van der Waals surface area contributed by atoms with Gasteiger partial charge in [-0.05, 0) is 48.6 Å². The molecule has 0 bridgehead atoms. The quantitative estimate of drug-likeness (QED) is 0.405. The van der Waals surface area contributed by atoms with Gasteiger partial charge < -0.3 is 4.74 Å². The highest BCUT2D eigenvalue weighted by Crippen LogP contribution is 2.33. The summed E-state index contributed by atoms with van der Waals surface area (Å²) in [5, 5.41) is 0. The van der Waals surface area contributed by atoms with E-state index in [0.717, 1.165) is 30.4 Å². The molecule has 0 unspecified atom stereocenters. The molecule has 2 aromatic rings. The number of hydrogen-bond donors (Lipinski definition) is 0. The molecule has 138 valence electrons. The number of ether oxygens (including phenoxy) is 1. The van der Waals surface area contributed by atoms with Crippen LogP contribution in [0.4, 0.5) is 0 Å². The number of unbranched alkanes of at least 4 members (excludes halogenated alkanes) is 2. The Labute approximate surface area is 161 Å². The zero-order valence-electron chi connectivity index (χ0n) is 15.9. The molecule has 0 saturated carbocycles. The summed E-state index contributed by atoms with van der Waals surface area (Å²) in [6.45, 7) is 2.20. The van der Waals surface area contributed by atoms with Gasteiger partial charge >= 0.3 is 5.97 Å². The smallest absolute Gasteiger partial charge is 0.343 e. The van der Waals surface area contributed by atoms with Crippen molar-refractivity contribution in [1.29, 1.82) is 0 Å². The van der Waals surface area contributed by atoms with E-state index in [-0.39, 0.29) is 5.97 Å². The second kappa shape index (κ2) is 9.72. The fourth-order valence-corrected chi connectivity index (χ4v) is 3.16. The van der Waals surface area contributed by atoms with Gasteiger partial charge in [0.1, 0.15) is 5.76 Å². The first-order valence-corrected chi connectivity index (χ1v) is 9.71. The highest BCUT2D eigenvalue weighted by atomic mass is 16.5. The summed E-state index contributed by atoms with van der Waals surface area (Å²) in [4.78, 5) is 12.6. The highest BCUT2D eigenvalue weighted by Gasteiger charge is 2.18. The second-order valence-corrected chi connectivity index (χ2v) is 6.73. The largest absolute Gasteiger partial charge is 0.423 e. The Morgan fingerprint density at radius 1 is 1.00 bits per heavy atom. The van der Waals surface area contributed by atoms with Crippen molar-refractivity contribution < 1.29 is 9.53 Å². The maximum atomic E-state index is 12.6. The van der Waals surface area contributed by atoms with Gasteiger partial charge in [-0.3, -0.25) is 0 Å². The maximum absolute atomic E-state index is 12.6. The molecule has 0 radical (unpaired) electrons. The molecule has 2 aromatic carbocycles. The van der Waals surface area contributed by atoms with Crippen LogP contribution in [0.1, 0.15) is 54.9 Å². The van der Waals surface area contributed by atoms with Gasteiger partial charge in [0.15, 0.2) is 0 Å². The third-order valence-electron chi connectivity index (χ3n) is 4.67. The Morgan fingerprint density at radius 2 is 1.70 bits per heavy atom. The molecular formula is C25H26O2. The van der Waals surface area contributed by atoms with E-state index in [2.05, 4.69) is 31.2 Å². The van der Waals surface area contributed by atoms with E-state index in [1.54, 1.807) is 12.1 Å². The average molecular weight is 358 g/mol. The van der Waals surface area contributed by atoms with Crippen LogP contribution in [0.5, 0.6) is 0 Å². The minimum atomic E-state index is -0.313. The number of esters is 1. The third kappa shape index (κ3) is 5.30. The van der Waals surface area contributed by atoms with Crippen molar-refractivity contribution in [3.63, 3.8) is 0 Å². The molecular weight excluding hydrogens is 332 g/mol. The molecule has 2 nitrogen and oxygen atoms in total. The number of hydrogen-bond acceptors (Lipinski definition) is 2. The second-order valence-electron chi connectivity index (χ2n) is 6.73. The average Bonchev–Trinajstić information content (AvgIpc) is 2.73. The maximum Gasteiger partial charge on any atom is 0.343 e. The van der Waals surface area contributed by atoms with Gasteiger partial charge in [0.2, 0.25) is 0 Å². The predicted octanol–water partition coefficient (Wildman–Crippen LogP) is 6.72. The van der Waals surface area contributed by atoms with Gasteiger partial charge in [-0.2, -0.15) is 0 Å². The lowest BCUT2D eigenvalue weighted by atomic mass is 9.91. The Balaban J connectivity index is 1.88. The highest BCUT2D eigenvalue weighted by molar-refractivity contribution is 5.91. The van der Waals surface area contributed by atoms with Crippen LogP contribution in [0, 0.1) is 0 Å². The lowest BCUT2D eigenvalue weighted by molar-refractivity contribution is 0.0637. The number of rotatable bonds is 7. The molecule has 0 amide bonds. The van der Waals surface area contributed by atoms with Crippen LogP contribution in [-0.4, -0.2) is 5.97 Å². The van der Waals surface area contributed by atoms with Gasteiger partial charge in [0.25, 0.3) is 0 Å². The summed E-state index contributed by atoms with van der Waals surface area (Å²) in [6, 6.07) is 19.3. The SMILES string of the molecule is CCCC/C=C/C1=CC(OC(=O)c2ccccc2)=C(c2ccccc2)CC1. The Morgan fingerprint density at radius 3 is 2.41 bits per heavy atom. The molecule has 0 saturated heterocycles. The summed E-state index contributed by atoms with van der Waals surface area (Å²) in [5.41, 5.74) is 3.97. The lowest BCUT2D eigenvalue weighted by Crippen LogP contribution is -2.08. The van der Waals surface area contributed by atoms with Crippen molar-refractivity contribution in [2.45, 2.75) is 39.0 Å². The molecule has 0 fully saturated rings. The first-order valence-electron chi connectivity index (χ1n) is 9.71. The molecule has 0 atom stereocenters. The van der Waals surface area contributed by atoms with Crippen LogP contribution in [0.25, 0.3) is 5.57 Å². The standard InChI is InChI=1S/C25H26O2/c1-2-3-4-7-12-20-17-18-23(21-13-8-5-9-14-21)24(19-20)27-25(26)22-15-10-6-11-16-22/h5-16,19H,2-4,17-18H2,1H3/b12-7+. The topological polar surface area (TPSA) is 26.3 Å². The molecule has 0 heterocycles. The van der Waals surface area contributed by atoms with Gasteiger partial charge in [-0.15, -0.1) is 0 Å². The van der Waals surface area contributed by atoms with Gasteiger partial charge in [0.05, 0.1) is 5.56 Å². The fourth-order valence-electron chi connectivity index (χ4n) is 3.16. The monoisotopic (exact) mass is 358 g/mol. The van der Waals surface area contributed by atoms with Crippen molar-refractivity contribution in [2.24, 2.45) is 0 Å². The summed E-state index contributed by atoms with van der Waals surface area (Å²) in [5.74, 6) is 0.350. The molecule has 0 aliphatic heterocycles. The molecule has 0 spiro atoms. The summed E-state index contributed by atoms with van der Waals surface area (Å²) < 4.78 is 5.83. The summed E-state index contributed by atoms with van der Waals surface area (Å²) in [6.07, 6.45) is 11.7. The minimum absolute atomic E-state index is 0.313. The number of benzene rings is 2. The van der Waals surface area contributed by atoms with E-state index in [1.165, 1.54) is 18.4 Å². The van der Waals surface area contributed by atoms with Crippen molar-refractivity contribution in [2.75, 3.05) is 0 Å². The van der Waals surface area contributed by atoms with Crippen LogP contribution in [0.3, 0.4) is 0 Å². The van der Waals surface area contributed by atoms with Crippen molar-refractivity contribution in [3.8, 4) is 0 Å². The lowest BCUT2D eigenvalue weighted by Gasteiger charge is -2.19. The molecule has 0 aromatic heterocycles. The van der Waals surface area contributed by atoms with Crippen LogP contribution in [-0.2, 0) is 4.74 Å². The van der Waals surface area contributed by atoms with Gasteiger partial charge in [0, 0.05) is 5.57 Å². The molecule has 1 aliphatic carbocycles. The van der Waals surface area contributed by atoms with E-state index in [4.69, 9.17) is 4.74 Å². The van der Waals surface area contributed by atoms with E-state index < -0.39 is 0 Å². The molecule has 0 N–H and O–H groups in total. The molecule has 2 heteroatoms. The molecule has 3 rings (SSSR count). The predicted molar refractivity (Wildman–Crippen MR) is 111 cm³/mol. The van der Waals surface area contributed by atoms with E-state index in [1.807, 2.05) is 42.5 Å². The van der Waals surface area contributed by atoms with Crippen LogP contribution < -0.4 is 0 Å². The first-order chi connectivity index (χ1) is 13.3. The molecule has 1 aliphatic rings. The summed E-state index contributed by atoms with van der Waals surface area (Å²) >= 11 is 0.